The van der Waals surface area contributed by atoms with Crippen molar-refractivity contribution in [2.75, 3.05) is 18.4 Å². The van der Waals surface area contributed by atoms with Crippen LogP contribution in [-0.4, -0.2) is 24.0 Å². The van der Waals surface area contributed by atoms with E-state index in [1.165, 1.54) is 0 Å². The molecule has 3 nitrogen and oxygen atoms in total. The molecule has 78 valence electrons. The molecule has 0 aromatic carbocycles. The first-order valence-electron chi connectivity index (χ1n) is 4.28. The van der Waals surface area contributed by atoms with Gasteiger partial charge in [-0.25, -0.2) is 13.8 Å². The number of hydrogen-bond acceptors (Lipinski definition) is 3. The number of alkyl halides is 2. The molecule has 0 unspecified atom stereocenters. The van der Waals surface area contributed by atoms with Gasteiger partial charge in [0.2, 0.25) is 0 Å². The summed E-state index contributed by atoms with van der Waals surface area (Å²) in [7, 11) is 0. The van der Waals surface area contributed by atoms with Gasteiger partial charge in [-0.3, -0.25) is 0 Å². The van der Waals surface area contributed by atoms with Gasteiger partial charge in [0.15, 0.2) is 0 Å². The predicted molar refractivity (Wildman–Crippen MR) is 51.5 cm³/mol. The number of aryl methyl sites for hydroxylation is 1. The maximum atomic E-state index is 12.7. The molecular weight excluding hydrogens is 188 g/mol. The van der Waals surface area contributed by atoms with Crippen LogP contribution in [0, 0.1) is 6.92 Å². The highest BCUT2D eigenvalue weighted by Crippen LogP contribution is 2.12. The van der Waals surface area contributed by atoms with Crippen LogP contribution in [0.5, 0.6) is 0 Å². The van der Waals surface area contributed by atoms with Crippen molar-refractivity contribution in [3.63, 3.8) is 0 Å². The highest BCUT2D eigenvalue weighted by molar-refractivity contribution is 5.37. The molecule has 0 saturated heterocycles. The maximum absolute atomic E-state index is 12.7. The number of nitrogens with one attached hydrogen (secondary N) is 1. The first-order valence-corrected chi connectivity index (χ1v) is 4.28. The zero-order chi connectivity index (χ0) is 10.6. The Hall–Kier alpha value is -1.23. The van der Waals surface area contributed by atoms with E-state index in [0.717, 1.165) is 5.56 Å². The zero-order valence-corrected chi connectivity index (χ0v) is 7.93. The Morgan fingerprint density at radius 1 is 1.57 bits per heavy atom. The molecular formula is C9H13F2N3. The van der Waals surface area contributed by atoms with Gasteiger partial charge in [0.25, 0.3) is 5.92 Å². The third kappa shape index (κ3) is 3.26. The molecule has 0 bridgehead atoms. The smallest absolute Gasteiger partial charge is 0.276 e. The fraction of sp³-hybridized carbons (Fsp3) is 0.444. The van der Waals surface area contributed by atoms with Crippen LogP contribution in [0.15, 0.2) is 18.3 Å². The summed E-state index contributed by atoms with van der Waals surface area (Å²) in [6, 6.07) is 3.50. The molecule has 0 fully saturated rings. The van der Waals surface area contributed by atoms with Crippen LogP contribution in [-0.2, 0) is 0 Å². The quantitative estimate of drug-likeness (QED) is 0.774. The molecule has 0 saturated carbocycles. The van der Waals surface area contributed by atoms with Crippen molar-refractivity contribution in [3.05, 3.63) is 23.9 Å². The third-order valence-electron chi connectivity index (χ3n) is 1.74. The van der Waals surface area contributed by atoms with E-state index in [1.807, 2.05) is 6.92 Å². The van der Waals surface area contributed by atoms with E-state index in [9.17, 15) is 8.78 Å². The van der Waals surface area contributed by atoms with Gasteiger partial charge in [0.05, 0.1) is 13.1 Å². The van der Waals surface area contributed by atoms with Crippen molar-refractivity contribution in [1.82, 2.24) is 4.98 Å². The van der Waals surface area contributed by atoms with Gasteiger partial charge in [-0.1, -0.05) is 0 Å². The average molecular weight is 201 g/mol. The van der Waals surface area contributed by atoms with Gasteiger partial charge in [0, 0.05) is 6.20 Å². The fourth-order valence-corrected chi connectivity index (χ4v) is 0.925. The Morgan fingerprint density at radius 3 is 2.86 bits per heavy atom. The third-order valence-corrected chi connectivity index (χ3v) is 1.74. The first-order chi connectivity index (χ1) is 6.53. The standard InChI is InChI=1S/C9H13F2N3/c1-7-2-3-13-8(4-7)14-6-9(10,11)5-12/h2-4H,5-6,12H2,1H3,(H,13,14). The summed E-state index contributed by atoms with van der Waals surface area (Å²) in [5, 5.41) is 2.54. The molecule has 0 atom stereocenters. The minimum Gasteiger partial charge on any atom is -0.364 e. The first kappa shape index (κ1) is 10.8. The Balaban J connectivity index is 2.54. The van der Waals surface area contributed by atoms with Crippen molar-refractivity contribution < 1.29 is 8.78 Å². The summed E-state index contributed by atoms with van der Waals surface area (Å²) in [6.07, 6.45) is 1.57. The molecule has 0 amide bonds. The molecule has 5 heteroatoms. The van der Waals surface area contributed by atoms with Gasteiger partial charge < -0.3 is 11.1 Å². The van der Waals surface area contributed by atoms with E-state index in [0.29, 0.717) is 5.82 Å². The fourth-order valence-electron chi connectivity index (χ4n) is 0.925. The van der Waals surface area contributed by atoms with E-state index in [1.54, 1.807) is 18.3 Å². The Bertz CT molecular complexity index is 302. The van der Waals surface area contributed by atoms with Gasteiger partial charge in [-0.05, 0) is 24.6 Å². The lowest BCUT2D eigenvalue weighted by Gasteiger charge is -2.14. The van der Waals surface area contributed by atoms with Gasteiger partial charge in [-0.2, -0.15) is 0 Å². The van der Waals surface area contributed by atoms with Crippen LogP contribution in [0.3, 0.4) is 0 Å². The molecule has 1 heterocycles. The summed E-state index contributed by atoms with van der Waals surface area (Å²) in [6.45, 7) is 0.722. The highest BCUT2D eigenvalue weighted by Gasteiger charge is 2.26. The van der Waals surface area contributed by atoms with Crippen LogP contribution >= 0.6 is 0 Å². The Labute approximate surface area is 81.3 Å². The van der Waals surface area contributed by atoms with Crippen molar-refractivity contribution in [2.45, 2.75) is 12.8 Å². The lowest BCUT2D eigenvalue weighted by atomic mass is 10.3. The molecule has 0 spiro atoms. The second-order valence-corrected chi connectivity index (χ2v) is 3.13. The Morgan fingerprint density at radius 2 is 2.29 bits per heavy atom. The minimum absolute atomic E-state index is 0.443. The number of nitrogens with zero attached hydrogens (tertiary/aromatic N) is 1. The van der Waals surface area contributed by atoms with E-state index < -0.39 is 19.0 Å². The van der Waals surface area contributed by atoms with Crippen molar-refractivity contribution >= 4 is 5.82 Å². The minimum atomic E-state index is -2.88. The van der Waals surface area contributed by atoms with Crippen molar-refractivity contribution in [1.29, 1.82) is 0 Å². The van der Waals surface area contributed by atoms with Crippen LogP contribution in [0.1, 0.15) is 5.56 Å². The van der Waals surface area contributed by atoms with Crippen molar-refractivity contribution in [3.8, 4) is 0 Å². The number of pyridine rings is 1. The van der Waals surface area contributed by atoms with Gasteiger partial charge in [0.1, 0.15) is 5.82 Å². The number of rotatable bonds is 4. The average Bonchev–Trinajstić information content (AvgIpc) is 2.15. The topological polar surface area (TPSA) is 50.9 Å². The molecule has 0 aliphatic rings. The Kier molecular flexibility index (Phi) is 3.35. The lowest BCUT2D eigenvalue weighted by Crippen LogP contribution is -2.35. The van der Waals surface area contributed by atoms with E-state index >= 15 is 0 Å². The summed E-state index contributed by atoms with van der Waals surface area (Å²) in [5.41, 5.74) is 5.86. The maximum Gasteiger partial charge on any atom is 0.276 e. The van der Waals surface area contributed by atoms with E-state index in [2.05, 4.69) is 10.3 Å². The van der Waals surface area contributed by atoms with E-state index in [-0.39, 0.29) is 0 Å². The molecule has 1 aromatic heterocycles. The summed E-state index contributed by atoms with van der Waals surface area (Å²) < 4.78 is 25.4. The number of anilines is 1. The zero-order valence-electron chi connectivity index (χ0n) is 7.93. The van der Waals surface area contributed by atoms with Gasteiger partial charge >= 0.3 is 0 Å². The highest BCUT2D eigenvalue weighted by atomic mass is 19.3. The number of hydrogen-bond donors (Lipinski definition) is 2. The molecule has 0 aliphatic heterocycles. The van der Waals surface area contributed by atoms with Gasteiger partial charge in [-0.15, -0.1) is 0 Å². The van der Waals surface area contributed by atoms with Crippen LogP contribution in [0.25, 0.3) is 0 Å². The molecule has 3 N–H and O–H groups in total. The SMILES string of the molecule is Cc1ccnc(NCC(F)(F)CN)c1. The molecule has 0 aliphatic carbocycles. The molecule has 1 rings (SSSR count). The second-order valence-electron chi connectivity index (χ2n) is 3.13. The number of nitrogens with two attached hydrogens (primary N) is 1. The van der Waals surface area contributed by atoms with E-state index in [4.69, 9.17) is 5.73 Å². The van der Waals surface area contributed by atoms with Crippen LogP contribution in [0.4, 0.5) is 14.6 Å². The van der Waals surface area contributed by atoms with Crippen LogP contribution < -0.4 is 11.1 Å². The normalized spacial score (nSPS) is 11.4. The monoisotopic (exact) mass is 201 g/mol. The summed E-state index contributed by atoms with van der Waals surface area (Å²) in [5.74, 6) is -2.44. The lowest BCUT2D eigenvalue weighted by molar-refractivity contribution is 0.0253. The summed E-state index contributed by atoms with van der Waals surface area (Å²) in [4.78, 5) is 3.89. The number of halogens is 2. The molecule has 14 heavy (non-hydrogen) atoms. The molecule has 0 radical (unpaired) electrons. The largest absolute Gasteiger partial charge is 0.364 e. The number of aromatic nitrogens is 1. The predicted octanol–water partition coefficient (Wildman–Crippen LogP) is 1.40. The second kappa shape index (κ2) is 4.32. The van der Waals surface area contributed by atoms with Crippen molar-refractivity contribution in [2.24, 2.45) is 5.73 Å². The molecule has 1 aromatic rings. The van der Waals surface area contributed by atoms with Crippen LogP contribution in [0.2, 0.25) is 0 Å². The summed E-state index contributed by atoms with van der Waals surface area (Å²) >= 11 is 0.